The Balaban J connectivity index is 2.32. The fraction of sp³-hybridized carbons (Fsp3) is 0.278. The number of rotatable bonds is 5. The van der Waals surface area contributed by atoms with Crippen molar-refractivity contribution >= 4 is 17.9 Å². The smallest absolute Gasteiger partial charge is 0.330 e. The number of nitrogens with zero attached hydrogens (tertiary/aromatic N) is 2. The summed E-state index contributed by atoms with van der Waals surface area (Å²) >= 11 is 0. The molecular weight excluding hydrogens is 290 g/mol. The molecule has 1 aromatic heterocycles. The molecule has 2 aromatic rings. The maximum Gasteiger partial charge on any atom is 0.330 e. The van der Waals surface area contributed by atoms with Gasteiger partial charge >= 0.3 is 5.97 Å². The van der Waals surface area contributed by atoms with Crippen LogP contribution in [0.2, 0.25) is 0 Å². The molecule has 0 atom stereocenters. The standard InChI is InChI=1S/C18H21N3O2/c1-4-23-16(22)10-9-13-11-20-18(21-17(13)19)15-8-6-5-7-14(15)12(2)3/h5-12H,4H2,1-3H3,(H2,19,20,21)/b10-9+. The van der Waals surface area contributed by atoms with Crippen molar-refractivity contribution in [2.24, 2.45) is 0 Å². The van der Waals surface area contributed by atoms with Crippen molar-refractivity contribution in [3.8, 4) is 11.4 Å². The number of carbonyl (C=O) groups is 1. The summed E-state index contributed by atoms with van der Waals surface area (Å²) in [4.78, 5) is 20.1. The van der Waals surface area contributed by atoms with Crippen molar-refractivity contribution in [1.82, 2.24) is 9.97 Å². The maximum absolute atomic E-state index is 11.3. The summed E-state index contributed by atoms with van der Waals surface area (Å²) < 4.78 is 4.83. The molecule has 1 aromatic carbocycles. The predicted octanol–water partition coefficient (Wildman–Crippen LogP) is 3.43. The first-order chi connectivity index (χ1) is 11.0. The van der Waals surface area contributed by atoms with Gasteiger partial charge in [0.05, 0.1) is 6.61 Å². The second-order valence-electron chi connectivity index (χ2n) is 5.36. The Labute approximate surface area is 136 Å². The zero-order valence-corrected chi connectivity index (χ0v) is 13.6. The van der Waals surface area contributed by atoms with Crippen molar-refractivity contribution in [2.75, 3.05) is 12.3 Å². The lowest BCUT2D eigenvalue weighted by Gasteiger charge is -2.12. The summed E-state index contributed by atoms with van der Waals surface area (Å²) in [5.41, 5.74) is 8.71. The Morgan fingerprint density at radius 3 is 2.74 bits per heavy atom. The van der Waals surface area contributed by atoms with E-state index in [0.717, 1.165) is 5.56 Å². The quantitative estimate of drug-likeness (QED) is 0.676. The largest absolute Gasteiger partial charge is 0.463 e. The lowest BCUT2D eigenvalue weighted by atomic mass is 9.97. The Hall–Kier alpha value is -2.69. The van der Waals surface area contributed by atoms with E-state index >= 15 is 0 Å². The molecule has 0 aliphatic carbocycles. The molecule has 0 saturated heterocycles. The van der Waals surface area contributed by atoms with Gasteiger partial charge in [-0.05, 0) is 24.5 Å². The number of ether oxygens (including phenoxy) is 1. The Morgan fingerprint density at radius 2 is 2.09 bits per heavy atom. The van der Waals surface area contributed by atoms with Crippen LogP contribution in [0.4, 0.5) is 5.82 Å². The molecule has 5 heteroatoms. The number of aromatic nitrogens is 2. The molecule has 5 nitrogen and oxygen atoms in total. The molecular formula is C18H21N3O2. The summed E-state index contributed by atoms with van der Waals surface area (Å²) in [6, 6.07) is 8.00. The van der Waals surface area contributed by atoms with Crippen molar-refractivity contribution in [3.05, 3.63) is 47.7 Å². The molecule has 23 heavy (non-hydrogen) atoms. The van der Waals surface area contributed by atoms with Gasteiger partial charge in [-0.25, -0.2) is 14.8 Å². The van der Waals surface area contributed by atoms with Crippen LogP contribution in [0, 0.1) is 0 Å². The summed E-state index contributed by atoms with van der Waals surface area (Å²) in [5.74, 6) is 0.856. The van der Waals surface area contributed by atoms with E-state index in [-0.39, 0.29) is 0 Å². The van der Waals surface area contributed by atoms with E-state index in [9.17, 15) is 4.79 Å². The highest BCUT2D eigenvalue weighted by Gasteiger charge is 2.11. The molecule has 0 unspecified atom stereocenters. The SMILES string of the molecule is CCOC(=O)/C=C/c1cnc(-c2ccccc2C(C)C)nc1N. The first-order valence-electron chi connectivity index (χ1n) is 7.59. The van der Waals surface area contributed by atoms with Crippen LogP contribution in [0.3, 0.4) is 0 Å². The molecule has 0 aliphatic heterocycles. The minimum absolute atomic E-state index is 0.328. The van der Waals surface area contributed by atoms with Crippen molar-refractivity contribution < 1.29 is 9.53 Å². The molecule has 0 amide bonds. The Morgan fingerprint density at radius 1 is 1.35 bits per heavy atom. The van der Waals surface area contributed by atoms with Crippen LogP contribution >= 0.6 is 0 Å². The third-order valence-corrected chi connectivity index (χ3v) is 3.36. The lowest BCUT2D eigenvalue weighted by Crippen LogP contribution is -2.02. The molecule has 1 heterocycles. The van der Waals surface area contributed by atoms with Gasteiger partial charge in [-0.3, -0.25) is 0 Å². The molecule has 0 fully saturated rings. The maximum atomic E-state index is 11.3. The van der Waals surface area contributed by atoms with Crippen molar-refractivity contribution in [1.29, 1.82) is 0 Å². The third-order valence-electron chi connectivity index (χ3n) is 3.36. The number of benzene rings is 1. The molecule has 0 bridgehead atoms. The van der Waals surface area contributed by atoms with Crippen LogP contribution < -0.4 is 5.73 Å². The monoisotopic (exact) mass is 311 g/mol. The zero-order chi connectivity index (χ0) is 16.8. The second kappa shape index (κ2) is 7.54. The molecule has 2 rings (SSSR count). The van der Waals surface area contributed by atoms with E-state index in [1.807, 2.05) is 18.2 Å². The Kier molecular flexibility index (Phi) is 5.46. The van der Waals surface area contributed by atoms with Gasteiger partial charge in [0.1, 0.15) is 5.82 Å². The summed E-state index contributed by atoms with van der Waals surface area (Å²) in [6.07, 6.45) is 4.50. The molecule has 0 saturated carbocycles. The fourth-order valence-corrected chi connectivity index (χ4v) is 2.21. The van der Waals surface area contributed by atoms with Gasteiger partial charge in [-0.1, -0.05) is 38.1 Å². The molecule has 2 N–H and O–H groups in total. The molecule has 120 valence electrons. The van der Waals surface area contributed by atoms with E-state index in [1.54, 1.807) is 19.2 Å². The minimum Gasteiger partial charge on any atom is -0.463 e. The van der Waals surface area contributed by atoms with E-state index in [0.29, 0.717) is 29.7 Å². The summed E-state index contributed by atoms with van der Waals surface area (Å²) in [6.45, 7) is 6.33. The Bertz CT molecular complexity index is 724. The van der Waals surface area contributed by atoms with Crippen LogP contribution in [0.5, 0.6) is 0 Å². The van der Waals surface area contributed by atoms with Crippen molar-refractivity contribution in [2.45, 2.75) is 26.7 Å². The van der Waals surface area contributed by atoms with Crippen molar-refractivity contribution in [3.63, 3.8) is 0 Å². The average molecular weight is 311 g/mol. The number of carbonyl (C=O) groups excluding carboxylic acids is 1. The molecule has 0 spiro atoms. The van der Waals surface area contributed by atoms with Gasteiger partial charge in [-0.15, -0.1) is 0 Å². The van der Waals surface area contributed by atoms with Crippen LogP contribution in [-0.2, 0) is 9.53 Å². The van der Waals surface area contributed by atoms with Crippen LogP contribution in [0.15, 0.2) is 36.5 Å². The number of esters is 1. The van der Waals surface area contributed by atoms with Gasteiger partial charge < -0.3 is 10.5 Å². The number of nitrogens with two attached hydrogens (primary N) is 1. The van der Waals surface area contributed by atoms with Gasteiger partial charge in [0.15, 0.2) is 5.82 Å². The molecule has 0 radical (unpaired) electrons. The zero-order valence-electron chi connectivity index (χ0n) is 13.6. The third kappa shape index (κ3) is 4.16. The number of anilines is 1. The van der Waals surface area contributed by atoms with Crippen LogP contribution in [0.1, 0.15) is 37.8 Å². The topological polar surface area (TPSA) is 78.1 Å². The van der Waals surface area contributed by atoms with E-state index < -0.39 is 5.97 Å². The van der Waals surface area contributed by atoms with Crippen LogP contribution in [0.25, 0.3) is 17.5 Å². The first-order valence-corrected chi connectivity index (χ1v) is 7.59. The predicted molar refractivity (Wildman–Crippen MR) is 91.6 cm³/mol. The van der Waals surface area contributed by atoms with E-state index in [2.05, 4.69) is 29.9 Å². The highest BCUT2D eigenvalue weighted by molar-refractivity contribution is 5.88. The summed E-state index contributed by atoms with van der Waals surface area (Å²) in [5, 5.41) is 0. The lowest BCUT2D eigenvalue weighted by molar-refractivity contribution is -0.137. The van der Waals surface area contributed by atoms with Gasteiger partial charge in [0, 0.05) is 23.4 Å². The number of hydrogen-bond acceptors (Lipinski definition) is 5. The summed E-state index contributed by atoms with van der Waals surface area (Å²) in [7, 11) is 0. The van der Waals surface area contributed by atoms with Crippen LogP contribution in [-0.4, -0.2) is 22.5 Å². The van der Waals surface area contributed by atoms with Gasteiger partial charge in [-0.2, -0.15) is 0 Å². The van der Waals surface area contributed by atoms with Gasteiger partial charge in [0.25, 0.3) is 0 Å². The van der Waals surface area contributed by atoms with E-state index in [1.165, 1.54) is 11.6 Å². The number of hydrogen-bond donors (Lipinski definition) is 1. The molecule has 0 aliphatic rings. The fourth-order valence-electron chi connectivity index (χ4n) is 2.21. The highest BCUT2D eigenvalue weighted by atomic mass is 16.5. The first kappa shape index (κ1) is 16.7. The van der Waals surface area contributed by atoms with Gasteiger partial charge in [0.2, 0.25) is 0 Å². The normalized spacial score (nSPS) is 11.1. The number of nitrogen functional groups attached to an aromatic ring is 1. The highest BCUT2D eigenvalue weighted by Crippen LogP contribution is 2.27. The second-order valence-corrected chi connectivity index (χ2v) is 5.36. The van der Waals surface area contributed by atoms with E-state index in [4.69, 9.17) is 10.5 Å². The minimum atomic E-state index is -0.416. The average Bonchev–Trinajstić information content (AvgIpc) is 2.54.